The monoisotopic (exact) mass is 604 g/mol. The highest BCUT2D eigenvalue weighted by Gasteiger charge is 2.06. The van der Waals surface area contributed by atoms with E-state index in [1.54, 1.807) is 24.3 Å². The van der Waals surface area contributed by atoms with Crippen molar-refractivity contribution in [1.29, 1.82) is 0 Å². The fourth-order valence-corrected chi connectivity index (χ4v) is 3.43. The van der Waals surface area contributed by atoms with Gasteiger partial charge in [-0.15, -0.1) is 0 Å². The zero-order chi connectivity index (χ0) is 25.5. The van der Waals surface area contributed by atoms with Crippen LogP contribution in [0.15, 0.2) is 80.9 Å². The molecule has 0 aliphatic carbocycles. The Morgan fingerprint density at radius 3 is 1.63 bits per heavy atom. The summed E-state index contributed by atoms with van der Waals surface area (Å²) in [6.45, 7) is 7.96. The predicted molar refractivity (Wildman–Crippen MR) is 145 cm³/mol. The van der Waals surface area contributed by atoms with Gasteiger partial charge in [0.05, 0.1) is 12.4 Å². The Bertz CT molecular complexity index is 1020. The normalized spacial score (nSPS) is 10.8. The molecule has 2 N–H and O–H groups in total. The maximum atomic E-state index is 12.0. The lowest BCUT2D eigenvalue weighted by Crippen LogP contribution is -2.20. The van der Waals surface area contributed by atoms with Crippen molar-refractivity contribution in [3.05, 3.63) is 81.8 Å². The van der Waals surface area contributed by atoms with Crippen LogP contribution in [0.5, 0.6) is 11.5 Å². The van der Waals surface area contributed by atoms with Gasteiger partial charge in [-0.1, -0.05) is 57.2 Å². The quantitative estimate of drug-likeness (QED) is 0.177. The molecule has 10 heteroatoms. The lowest BCUT2D eigenvalue weighted by Gasteiger charge is -2.07. The first-order chi connectivity index (χ1) is 16.9. The van der Waals surface area contributed by atoms with Crippen molar-refractivity contribution in [3.8, 4) is 11.5 Å². The number of benzene rings is 2. The van der Waals surface area contributed by atoms with E-state index < -0.39 is 0 Å². The molecule has 0 saturated carbocycles. The van der Waals surface area contributed by atoms with Crippen molar-refractivity contribution in [3.63, 3.8) is 0 Å². The Kier molecular flexibility index (Phi) is 12.5. The average molecular weight is 606 g/mol. The Morgan fingerprint density at radius 1 is 0.800 bits per heavy atom. The van der Waals surface area contributed by atoms with Crippen LogP contribution in [0.2, 0.25) is 0 Å². The van der Waals surface area contributed by atoms with Crippen LogP contribution >= 0.6 is 31.9 Å². The molecule has 184 valence electrons. The van der Waals surface area contributed by atoms with Crippen LogP contribution < -0.4 is 20.3 Å². The smallest absolute Gasteiger partial charge is 0.240 e. The number of nitrogens with one attached hydrogen (secondary N) is 2. The second-order valence-corrected chi connectivity index (χ2v) is 8.83. The minimum atomic E-state index is -0.306. The molecule has 0 spiro atoms. The maximum absolute atomic E-state index is 12.0. The van der Waals surface area contributed by atoms with Crippen molar-refractivity contribution in [2.45, 2.75) is 19.3 Å². The number of halogens is 2. The van der Waals surface area contributed by atoms with E-state index in [1.807, 2.05) is 24.3 Å². The standard InChI is InChI=1S/C25H26Br2N4O4/c1-3-12-34-22-10-8-20(26)14-18(22)16-28-30-24(32)6-5-7-25(33)31-29-17-19-15-21(27)9-11-23(19)35-13-4-2/h3-4,8-11,14-17H,1-2,5-7,12-13H2,(H,30,32)(H,31,33)/b28-16-,29-17-. The highest BCUT2D eigenvalue weighted by molar-refractivity contribution is 9.10. The third-order valence-electron chi connectivity index (χ3n) is 4.25. The molecule has 2 aromatic carbocycles. The molecular weight excluding hydrogens is 580 g/mol. The average Bonchev–Trinajstić information content (AvgIpc) is 2.83. The molecule has 0 heterocycles. The summed E-state index contributed by atoms with van der Waals surface area (Å²) in [5, 5.41) is 7.94. The summed E-state index contributed by atoms with van der Waals surface area (Å²) in [5.74, 6) is 0.620. The molecule has 0 bridgehead atoms. The molecule has 0 fully saturated rings. The van der Waals surface area contributed by atoms with Crippen molar-refractivity contribution < 1.29 is 19.1 Å². The fourth-order valence-electron chi connectivity index (χ4n) is 2.67. The van der Waals surface area contributed by atoms with Crippen LogP contribution in [0, 0.1) is 0 Å². The SMILES string of the molecule is C=CCOc1ccc(Br)cc1/C=N\NC(=O)CCCC(=O)N/N=C\c1cc(Br)ccc1OCC=C. The molecule has 0 saturated heterocycles. The van der Waals surface area contributed by atoms with Crippen molar-refractivity contribution in [2.24, 2.45) is 10.2 Å². The number of carbonyl (C=O) groups excluding carboxylic acids is 2. The highest BCUT2D eigenvalue weighted by atomic mass is 79.9. The van der Waals surface area contributed by atoms with Crippen LogP contribution in [0.4, 0.5) is 0 Å². The fraction of sp³-hybridized carbons (Fsp3) is 0.200. The van der Waals surface area contributed by atoms with Crippen LogP contribution in [0.25, 0.3) is 0 Å². The number of hydrogen-bond acceptors (Lipinski definition) is 6. The van der Waals surface area contributed by atoms with E-state index in [4.69, 9.17) is 9.47 Å². The van der Waals surface area contributed by atoms with Crippen LogP contribution in [0.3, 0.4) is 0 Å². The lowest BCUT2D eigenvalue weighted by atomic mass is 10.2. The van der Waals surface area contributed by atoms with E-state index in [1.165, 1.54) is 12.4 Å². The summed E-state index contributed by atoms with van der Waals surface area (Å²) in [7, 11) is 0. The third-order valence-corrected chi connectivity index (χ3v) is 5.24. The molecule has 2 aromatic rings. The summed E-state index contributed by atoms with van der Waals surface area (Å²) >= 11 is 6.79. The van der Waals surface area contributed by atoms with Gasteiger partial charge in [0.25, 0.3) is 0 Å². The predicted octanol–water partition coefficient (Wildman–Crippen LogP) is 5.11. The molecule has 2 amide bonds. The second kappa shape index (κ2) is 15.6. The zero-order valence-corrected chi connectivity index (χ0v) is 22.2. The van der Waals surface area contributed by atoms with Crippen molar-refractivity contribution in [1.82, 2.24) is 10.9 Å². The number of rotatable bonds is 14. The maximum Gasteiger partial charge on any atom is 0.240 e. The van der Waals surface area contributed by atoms with E-state index in [9.17, 15) is 9.59 Å². The highest BCUT2D eigenvalue weighted by Crippen LogP contribution is 2.22. The molecule has 0 aromatic heterocycles. The van der Waals surface area contributed by atoms with E-state index in [2.05, 4.69) is 66.1 Å². The van der Waals surface area contributed by atoms with Gasteiger partial charge in [0.2, 0.25) is 11.8 Å². The summed E-state index contributed by atoms with van der Waals surface area (Å²) in [6, 6.07) is 10.9. The minimum absolute atomic E-state index is 0.137. The molecule has 0 radical (unpaired) electrons. The number of carbonyl (C=O) groups is 2. The first kappa shape index (κ1) is 28.0. The number of hydrazone groups is 2. The van der Waals surface area contributed by atoms with E-state index in [0.29, 0.717) is 42.3 Å². The largest absolute Gasteiger partial charge is 0.489 e. The number of amides is 2. The Balaban J connectivity index is 1.76. The van der Waals surface area contributed by atoms with Gasteiger partial charge in [0, 0.05) is 32.9 Å². The first-order valence-corrected chi connectivity index (χ1v) is 12.2. The lowest BCUT2D eigenvalue weighted by molar-refractivity contribution is -0.122. The van der Waals surface area contributed by atoms with Gasteiger partial charge in [-0.05, 0) is 42.8 Å². The Morgan fingerprint density at radius 2 is 1.23 bits per heavy atom. The minimum Gasteiger partial charge on any atom is -0.489 e. The molecule has 8 nitrogen and oxygen atoms in total. The second-order valence-electron chi connectivity index (χ2n) is 7.00. The molecular formula is C25H26Br2N4O4. The molecule has 0 aliphatic rings. The molecule has 0 unspecified atom stereocenters. The summed E-state index contributed by atoms with van der Waals surface area (Å²) in [6.07, 6.45) is 6.90. The number of ether oxygens (including phenoxy) is 2. The van der Waals surface area contributed by atoms with Gasteiger partial charge in [-0.25, -0.2) is 10.9 Å². The molecule has 0 atom stereocenters. The summed E-state index contributed by atoms with van der Waals surface area (Å²) in [4.78, 5) is 24.1. The van der Waals surface area contributed by atoms with Crippen molar-refractivity contribution in [2.75, 3.05) is 13.2 Å². The van der Waals surface area contributed by atoms with Crippen LogP contribution in [-0.2, 0) is 9.59 Å². The van der Waals surface area contributed by atoms with Gasteiger partial charge >= 0.3 is 0 Å². The van der Waals surface area contributed by atoms with Gasteiger partial charge < -0.3 is 9.47 Å². The molecule has 2 rings (SSSR count). The topological polar surface area (TPSA) is 101 Å². The van der Waals surface area contributed by atoms with Crippen LogP contribution in [-0.4, -0.2) is 37.5 Å². The third kappa shape index (κ3) is 10.7. The molecule has 35 heavy (non-hydrogen) atoms. The van der Waals surface area contributed by atoms with Crippen molar-refractivity contribution >= 4 is 56.1 Å². The van der Waals surface area contributed by atoms with Gasteiger partial charge in [-0.3, -0.25) is 9.59 Å². The Hall–Kier alpha value is -3.24. The summed E-state index contributed by atoms with van der Waals surface area (Å²) < 4.78 is 12.8. The van der Waals surface area contributed by atoms with Gasteiger partial charge in [0.1, 0.15) is 24.7 Å². The zero-order valence-electron chi connectivity index (χ0n) is 19.0. The number of nitrogens with zero attached hydrogens (tertiary/aromatic N) is 2. The number of hydrogen-bond donors (Lipinski definition) is 2. The van der Waals surface area contributed by atoms with E-state index >= 15 is 0 Å². The Labute approximate surface area is 221 Å². The van der Waals surface area contributed by atoms with Gasteiger partial charge in [0.15, 0.2) is 0 Å². The summed E-state index contributed by atoms with van der Waals surface area (Å²) in [5.41, 5.74) is 6.30. The van der Waals surface area contributed by atoms with E-state index in [-0.39, 0.29) is 24.7 Å². The first-order valence-electron chi connectivity index (χ1n) is 10.6. The van der Waals surface area contributed by atoms with Gasteiger partial charge in [-0.2, -0.15) is 10.2 Å². The molecule has 0 aliphatic heterocycles. The van der Waals surface area contributed by atoms with Crippen LogP contribution in [0.1, 0.15) is 30.4 Å². The van der Waals surface area contributed by atoms with E-state index in [0.717, 1.165) is 8.95 Å².